The Morgan fingerprint density at radius 3 is 2.60 bits per heavy atom. The first-order valence-corrected chi connectivity index (χ1v) is 7.35. The number of hydrogen-bond donors (Lipinski definition) is 2. The van der Waals surface area contributed by atoms with E-state index in [2.05, 4.69) is 4.98 Å². The molecule has 0 saturated carbocycles. The van der Waals surface area contributed by atoms with E-state index in [-0.39, 0.29) is 0 Å². The summed E-state index contributed by atoms with van der Waals surface area (Å²) >= 11 is 7.52. The van der Waals surface area contributed by atoms with Gasteiger partial charge in [0.15, 0.2) is 0 Å². The molecule has 4 nitrogen and oxygen atoms in total. The quantitative estimate of drug-likeness (QED) is 0.482. The van der Waals surface area contributed by atoms with Crippen molar-refractivity contribution in [1.29, 1.82) is 0 Å². The molecule has 104 valence electrons. The van der Waals surface area contributed by atoms with E-state index in [1.807, 2.05) is 0 Å². The first-order valence-electron chi connectivity index (χ1n) is 5.99. The van der Waals surface area contributed by atoms with Gasteiger partial charge in [-0.2, -0.15) is 0 Å². The van der Waals surface area contributed by atoms with Crippen molar-refractivity contribution in [2.24, 2.45) is 0 Å². The van der Waals surface area contributed by atoms with Gasteiger partial charge in [-0.15, -0.1) is 11.8 Å². The first-order chi connectivity index (χ1) is 9.66. The number of pyridine rings is 1. The maximum absolute atomic E-state index is 8.97. The maximum atomic E-state index is 8.97. The number of thioether (sulfide) groups is 1. The Morgan fingerprint density at radius 1 is 1.20 bits per heavy atom. The van der Waals surface area contributed by atoms with Crippen molar-refractivity contribution >= 4 is 35.9 Å². The summed E-state index contributed by atoms with van der Waals surface area (Å²) in [6.45, 7) is 0.512. The molecule has 0 atom stereocenters. The van der Waals surface area contributed by atoms with E-state index in [1.54, 1.807) is 42.6 Å². The first kappa shape index (κ1) is 15.2. The maximum Gasteiger partial charge on any atom is 0.488 e. The zero-order valence-electron chi connectivity index (χ0n) is 10.6. The Labute approximate surface area is 126 Å². The minimum absolute atomic E-state index is 0.437. The largest absolute Gasteiger partial charge is 0.493 e. The molecule has 0 aliphatic carbocycles. The molecule has 1 aromatic carbocycles. The summed E-state index contributed by atoms with van der Waals surface area (Å²) in [6, 6.07) is 10.2. The van der Waals surface area contributed by atoms with Crippen molar-refractivity contribution in [3.05, 3.63) is 47.6 Å². The molecule has 0 saturated heterocycles. The molecule has 0 bridgehead atoms. The Balaban J connectivity index is 1.77. The monoisotopic (exact) mass is 309 g/mol. The van der Waals surface area contributed by atoms with Gasteiger partial charge in [-0.05, 0) is 29.7 Å². The van der Waals surface area contributed by atoms with Crippen molar-refractivity contribution in [3.8, 4) is 5.75 Å². The minimum atomic E-state index is -1.45. The average molecular weight is 310 g/mol. The summed E-state index contributed by atoms with van der Waals surface area (Å²) in [5.74, 6) is 1.41. The van der Waals surface area contributed by atoms with Gasteiger partial charge >= 0.3 is 7.12 Å². The Kier molecular flexibility index (Phi) is 5.73. The lowest BCUT2D eigenvalue weighted by molar-refractivity contribution is 0.344. The van der Waals surface area contributed by atoms with E-state index in [1.165, 1.54) is 11.8 Å². The van der Waals surface area contributed by atoms with Crippen LogP contribution in [-0.4, -0.2) is 34.5 Å². The topological polar surface area (TPSA) is 62.6 Å². The van der Waals surface area contributed by atoms with E-state index in [9.17, 15) is 0 Å². The second-order valence-electron chi connectivity index (χ2n) is 3.93. The highest BCUT2D eigenvalue weighted by molar-refractivity contribution is 7.99. The average Bonchev–Trinajstić information content (AvgIpc) is 2.46. The number of rotatable bonds is 6. The molecule has 1 aromatic heterocycles. The summed E-state index contributed by atoms with van der Waals surface area (Å²) in [5.41, 5.74) is 0.437. The van der Waals surface area contributed by atoms with E-state index in [0.29, 0.717) is 22.8 Å². The van der Waals surface area contributed by atoms with Crippen molar-refractivity contribution < 1.29 is 14.8 Å². The van der Waals surface area contributed by atoms with Crippen LogP contribution in [-0.2, 0) is 0 Å². The molecule has 0 radical (unpaired) electrons. The highest BCUT2D eigenvalue weighted by Gasteiger charge is 2.09. The molecule has 2 aromatic rings. The minimum Gasteiger partial charge on any atom is -0.493 e. The van der Waals surface area contributed by atoms with Crippen LogP contribution in [0.15, 0.2) is 47.6 Å². The third-order valence-corrected chi connectivity index (χ3v) is 3.88. The lowest BCUT2D eigenvalue weighted by atomic mass is 9.80. The zero-order chi connectivity index (χ0) is 14.4. The number of benzene rings is 1. The predicted molar refractivity (Wildman–Crippen MR) is 81.7 cm³/mol. The number of hydrogen-bond acceptors (Lipinski definition) is 5. The van der Waals surface area contributed by atoms with Crippen LogP contribution in [0.25, 0.3) is 0 Å². The van der Waals surface area contributed by atoms with Crippen LogP contribution in [0.3, 0.4) is 0 Å². The van der Waals surface area contributed by atoms with Gasteiger partial charge in [0.25, 0.3) is 0 Å². The summed E-state index contributed by atoms with van der Waals surface area (Å²) in [4.78, 5) is 4.17. The van der Waals surface area contributed by atoms with E-state index in [0.717, 1.165) is 10.8 Å². The normalized spacial score (nSPS) is 10.3. The van der Waals surface area contributed by atoms with Gasteiger partial charge in [-0.3, -0.25) is 0 Å². The smallest absolute Gasteiger partial charge is 0.488 e. The van der Waals surface area contributed by atoms with Gasteiger partial charge in [0.2, 0.25) is 0 Å². The molecule has 2 rings (SSSR count). The second-order valence-corrected chi connectivity index (χ2v) is 5.42. The predicted octanol–water partition coefficient (Wildman–Crippen LogP) is 1.59. The van der Waals surface area contributed by atoms with Crippen LogP contribution >= 0.6 is 23.4 Å². The fourth-order valence-electron chi connectivity index (χ4n) is 1.51. The molecule has 0 aliphatic heterocycles. The number of ether oxygens (including phenoxy) is 1. The van der Waals surface area contributed by atoms with Crippen molar-refractivity contribution in [3.63, 3.8) is 0 Å². The van der Waals surface area contributed by atoms with Gasteiger partial charge in [0.1, 0.15) is 10.8 Å². The van der Waals surface area contributed by atoms with Crippen LogP contribution in [0, 0.1) is 0 Å². The second kappa shape index (κ2) is 7.54. The third-order valence-electron chi connectivity index (χ3n) is 2.49. The molecule has 7 heteroatoms. The van der Waals surface area contributed by atoms with Crippen molar-refractivity contribution in [1.82, 2.24) is 4.98 Å². The highest BCUT2D eigenvalue weighted by Crippen LogP contribution is 2.23. The summed E-state index contributed by atoms with van der Waals surface area (Å²) in [7, 11) is -1.45. The molecule has 0 amide bonds. The lowest BCUT2D eigenvalue weighted by Gasteiger charge is -2.07. The number of halogens is 1. The lowest BCUT2D eigenvalue weighted by Crippen LogP contribution is -2.29. The van der Waals surface area contributed by atoms with Crippen LogP contribution in [0.2, 0.25) is 5.02 Å². The third kappa shape index (κ3) is 4.42. The number of aromatic nitrogens is 1. The van der Waals surface area contributed by atoms with Crippen molar-refractivity contribution in [2.75, 3.05) is 12.4 Å². The van der Waals surface area contributed by atoms with Crippen molar-refractivity contribution in [2.45, 2.75) is 5.03 Å². The Bertz CT molecular complexity index is 554. The molecule has 0 aliphatic rings. The van der Waals surface area contributed by atoms with Crippen LogP contribution < -0.4 is 10.2 Å². The van der Waals surface area contributed by atoms with Gasteiger partial charge in [0.05, 0.1) is 11.6 Å². The standard InChI is InChI=1S/C13H13BClNO3S/c15-12-2-1-7-16-13(12)20-9-8-19-11-5-3-10(4-6-11)14(17)18/h1-7,17-18H,8-9H2. The fourth-order valence-corrected chi connectivity index (χ4v) is 2.50. The zero-order valence-corrected chi connectivity index (χ0v) is 12.1. The summed E-state index contributed by atoms with van der Waals surface area (Å²) in [6.07, 6.45) is 1.70. The fraction of sp³-hybridized carbons (Fsp3) is 0.154. The molecular formula is C13H13BClNO3S. The summed E-state index contributed by atoms with van der Waals surface area (Å²) in [5, 5.41) is 19.4. The molecule has 20 heavy (non-hydrogen) atoms. The molecular weight excluding hydrogens is 296 g/mol. The van der Waals surface area contributed by atoms with Crippen LogP contribution in [0.4, 0.5) is 0 Å². The van der Waals surface area contributed by atoms with E-state index >= 15 is 0 Å². The van der Waals surface area contributed by atoms with Crippen LogP contribution in [0.5, 0.6) is 5.75 Å². The SMILES string of the molecule is OB(O)c1ccc(OCCSc2ncccc2Cl)cc1. The number of nitrogens with zero attached hydrogens (tertiary/aromatic N) is 1. The molecule has 2 N–H and O–H groups in total. The van der Waals surface area contributed by atoms with Gasteiger partial charge in [-0.25, -0.2) is 4.98 Å². The molecule has 0 spiro atoms. The van der Waals surface area contributed by atoms with Gasteiger partial charge in [-0.1, -0.05) is 23.7 Å². The summed E-state index contributed by atoms with van der Waals surface area (Å²) < 4.78 is 5.55. The van der Waals surface area contributed by atoms with Gasteiger partial charge < -0.3 is 14.8 Å². The highest BCUT2D eigenvalue weighted by atomic mass is 35.5. The molecule has 0 fully saturated rings. The Hall–Kier alpha value is -1.21. The van der Waals surface area contributed by atoms with E-state index < -0.39 is 7.12 Å². The Morgan fingerprint density at radius 2 is 1.95 bits per heavy atom. The molecule has 1 heterocycles. The van der Waals surface area contributed by atoms with Crippen LogP contribution in [0.1, 0.15) is 0 Å². The van der Waals surface area contributed by atoms with Gasteiger partial charge in [0, 0.05) is 11.9 Å². The molecule has 0 unspecified atom stereocenters. The van der Waals surface area contributed by atoms with E-state index in [4.69, 9.17) is 26.4 Å².